The van der Waals surface area contributed by atoms with E-state index >= 15 is 4.39 Å². The van der Waals surface area contributed by atoms with Crippen molar-refractivity contribution < 1.29 is 22.4 Å². The number of carbonyl (C=O) groups excluding carboxylic acids is 1. The van der Waals surface area contributed by atoms with Crippen LogP contribution in [-0.4, -0.2) is 52.3 Å². The smallest absolute Gasteiger partial charge is 0.277 e. The van der Waals surface area contributed by atoms with Gasteiger partial charge in [-0.05, 0) is 35.5 Å². The predicted octanol–water partition coefficient (Wildman–Crippen LogP) is 1.79. The van der Waals surface area contributed by atoms with E-state index in [1.54, 1.807) is 36.4 Å². The van der Waals surface area contributed by atoms with E-state index in [0.29, 0.717) is 11.1 Å². The summed E-state index contributed by atoms with van der Waals surface area (Å²) in [6, 6.07) is 16.4. The van der Waals surface area contributed by atoms with Crippen LogP contribution in [0.3, 0.4) is 0 Å². The van der Waals surface area contributed by atoms with Crippen molar-refractivity contribution in [1.82, 2.24) is 20.2 Å². The van der Waals surface area contributed by atoms with Crippen LogP contribution in [0.5, 0.6) is 0 Å². The lowest BCUT2D eigenvalue weighted by Gasteiger charge is -2.38. The molecule has 2 atom stereocenters. The Balaban J connectivity index is 1.73. The molecule has 1 aliphatic rings. The van der Waals surface area contributed by atoms with Gasteiger partial charge in [0.15, 0.2) is 15.3 Å². The summed E-state index contributed by atoms with van der Waals surface area (Å²) in [5.74, 6) is -1.90. The number of hydrogen-bond donors (Lipinski definition) is 3. The Morgan fingerprint density at radius 3 is 2.42 bits per heavy atom. The van der Waals surface area contributed by atoms with Crippen LogP contribution in [-0.2, 0) is 25.2 Å². The highest BCUT2D eigenvalue weighted by atomic mass is 32.2. The number of amides is 1. The van der Waals surface area contributed by atoms with Crippen molar-refractivity contribution in [3.63, 3.8) is 0 Å². The highest BCUT2D eigenvalue weighted by molar-refractivity contribution is 7.90. The maximum absolute atomic E-state index is 15.9. The van der Waals surface area contributed by atoms with Crippen molar-refractivity contribution >= 4 is 27.3 Å². The van der Waals surface area contributed by atoms with Crippen LogP contribution >= 0.6 is 0 Å². The van der Waals surface area contributed by atoms with Crippen molar-refractivity contribution in [2.24, 2.45) is 22.0 Å². The van der Waals surface area contributed by atoms with Crippen molar-refractivity contribution in [3.05, 3.63) is 95.6 Å². The number of nitrogens with one attached hydrogen (secondary N) is 1. The second kappa shape index (κ2) is 9.34. The second-order valence-corrected chi connectivity index (χ2v) is 11.4. The number of halogens is 1. The minimum absolute atomic E-state index is 0.00529. The van der Waals surface area contributed by atoms with Crippen LogP contribution in [0.1, 0.15) is 23.6 Å². The van der Waals surface area contributed by atoms with Crippen LogP contribution in [0.2, 0.25) is 0 Å². The normalized spacial score (nSPS) is 20.5. The summed E-state index contributed by atoms with van der Waals surface area (Å²) >= 11 is 0. The van der Waals surface area contributed by atoms with Gasteiger partial charge in [0, 0.05) is 34.1 Å². The number of amidine groups is 1. The summed E-state index contributed by atoms with van der Waals surface area (Å²) < 4.78 is 41.7. The Morgan fingerprint density at radius 2 is 1.80 bits per heavy atom. The average molecular weight is 563 g/mol. The highest BCUT2D eigenvalue weighted by Crippen LogP contribution is 2.51. The maximum Gasteiger partial charge on any atom is 0.277 e. The standard InChI is InChI=1S/C26H23FN8O4S/c1-25(24(30)36)22(15-6-5-7-16(12-15)23(28)29)32-39-26(25,35-14-31-33-34-35)17-10-11-18(20(27)13-17)19-8-3-4-9-21(19)40(2,37)38/h3-14H,1-2H3,(H3,28,29)(H2,30,36). The first kappa shape index (κ1) is 26.6. The second-order valence-electron chi connectivity index (χ2n) is 9.38. The molecule has 1 aromatic heterocycles. The van der Waals surface area contributed by atoms with Gasteiger partial charge in [0.1, 0.15) is 23.7 Å². The topological polar surface area (TPSA) is 192 Å². The molecule has 0 spiro atoms. The quantitative estimate of drug-likeness (QED) is 0.224. The summed E-state index contributed by atoms with van der Waals surface area (Å²) in [4.78, 5) is 19.2. The minimum Gasteiger partial charge on any atom is -0.384 e. The third-order valence-electron chi connectivity index (χ3n) is 6.97. The summed E-state index contributed by atoms with van der Waals surface area (Å²) in [6.45, 7) is 1.47. The van der Waals surface area contributed by atoms with Crippen LogP contribution in [0, 0.1) is 16.6 Å². The molecule has 0 fully saturated rings. The Labute approximate surface area is 227 Å². The van der Waals surface area contributed by atoms with Gasteiger partial charge in [0.2, 0.25) is 5.91 Å². The molecule has 2 heterocycles. The Kier molecular flexibility index (Phi) is 6.22. The highest BCUT2D eigenvalue weighted by Gasteiger charge is 2.66. The van der Waals surface area contributed by atoms with E-state index in [9.17, 15) is 13.2 Å². The van der Waals surface area contributed by atoms with Gasteiger partial charge >= 0.3 is 0 Å². The van der Waals surface area contributed by atoms with Crippen molar-refractivity contribution in [1.29, 1.82) is 5.41 Å². The third-order valence-corrected chi connectivity index (χ3v) is 8.12. The first-order chi connectivity index (χ1) is 18.9. The van der Waals surface area contributed by atoms with Gasteiger partial charge in [-0.1, -0.05) is 53.7 Å². The fraction of sp³-hybridized carbons (Fsp3) is 0.154. The van der Waals surface area contributed by atoms with Crippen LogP contribution in [0.25, 0.3) is 11.1 Å². The average Bonchev–Trinajstić information content (AvgIpc) is 3.56. The first-order valence-electron chi connectivity index (χ1n) is 11.8. The number of primary amides is 1. The van der Waals surface area contributed by atoms with Gasteiger partial charge in [-0.3, -0.25) is 10.2 Å². The van der Waals surface area contributed by atoms with Gasteiger partial charge in [0.25, 0.3) is 5.72 Å². The first-order valence-corrected chi connectivity index (χ1v) is 13.6. The lowest BCUT2D eigenvalue weighted by atomic mass is 9.69. The van der Waals surface area contributed by atoms with Crippen molar-refractivity contribution in [2.75, 3.05) is 6.26 Å². The molecule has 0 bridgehead atoms. The molecule has 4 aromatic rings. The molecule has 1 aliphatic heterocycles. The fourth-order valence-electron chi connectivity index (χ4n) is 4.92. The summed E-state index contributed by atoms with van der Waals surface area (Å²) in [6.07, 6.45) is 2.21. The summed E-state index contributed by atoms with van der Waals surface area (Å²) in [7, 11) is -3.67. The number of nitrogens with zero attached hydrogens (tertiary/aromatic N) is 5. The molecule has 204 valence electrons. The van der Waals surface area contributed by atoms with Crippen LogP contribution in [0.4, 0.5) is 4.39 Å². The molecule has 0 aliphatic carbocycles. The number of aromatic nitrogens is 4. The molecule has 14 heteroatoms. The molecule has 1 amide bonds. The van der Waals surface area contributed by atoms with Gasteiger partial charge in [-0.15, -0.1) is 5.10 Å². The van der Waals surface area contributed by atoms with Crippen LogP contribution in [0.15, 0.2) is 83.1 Å². The number of benzene rings is 3. The number of carbonyl (C=O) groups is 1. The zero-order chi connectivity index (χ0) is 28.9. The molecule has 0 radical (unpaired) electrons. The van der Waals surface area contributed by atoms with Gasteiger partial charge < -0.3 is 16.3 Å². The van der Waals surface area contributed by atoms with Gasteiger partial charge in [-0.25, -0.2) is 12.8 Å². The lowest BCUT2D eigenvalue weighted by Crippen LogP contribution is -2.58. The van der Waals surface area contributed by atoms with E-state index < -0.39 is 32.7 Å². The van der Waals surface area contributed by atoms with E-state index in [1.165, 1.54) is 37.5 Å². The fourth-order valence-corrected chi connectivity index (χ4v) is 5.82. The monoisotopic (exact) mass is 562 g/mol. The molecule has 12 nitrogen and oxygen atoms in total. The Bertz CT molecular complexity index is 1810. The number of rotatable bonds is 7. The molecular formula is C26H23FN8O4S. The van der Waals surface area contributed by atoms with Gasteiger partial charge in [0.05, 0.1) is 4.90 Å². The van der Waals surface area contributed by atoms with Crippen molar-refractivity contribution in [2.45, 2.75) is 17.5 Å². The molecular weight excluding hydrogens is 539 g/mol. The molecule has 5 rings (SSSR count). The van der Waals surface area contributed by atoms with E-state index in [1.807, 2.05) is 0 Å². The number of oxime groups is 1. The molecule has 3 aromatic carbocycles. The van der Waals surface area contributed by atoms with Crippen LogP contribution < -0.4 is 11.5 Å². The molecule has 0 saturated heterocycles. The van der Waals surface area contributed by atoms with E-state index in [-0.39, 0.29) is 33.1 Å². The third kappa shape index (κ3) is 3.91. The molecule has 5 N–H and O–H groups in total. The largest absolute Gasteiger partial charge is 0.384 e. The summed E-state index contributed by atoms with van der Waals surface area (Å²) in [5.41, 5.74) is 8.90. The zero-order valence-electron chi connectivity index (χ0n) is 21.2. The van der Waals surface area contributed by atoms with Crippen molar-refractivity contribution in [3.8, 4) is 11.1 Å². The number of tetrazole rings is 1. The Morgan fingerprint density at radius 1 is 1.05 bits per heavy atom. The van der Waals surface area contributed by atoms with E-state index in [0.717, 1.165) is 17.0 Å². The molecule has 40 heavy (non-hydrogen) atoms. The minimum atomic E-state index is -3.67. The van der Waals surface area contributed by atoms with Gasteiger partial charge in [-0.2, -0.15) is 4.68 Å². The summed E-state index contributed by atoms with van der Waals surface area (Å²) in [5, 5.41) is 23.3. The molecule has 2 unspecified atom stereocenters. The zero-order valence-corrected chi connectivity index (χ0v) is 22.1. The van der Waals surface area contributed by atoms with E-state index in [2.05, 4.69) is 20.7 Å². The SMILES string of the molecule is CC1(C(N)=O)C(c2cccc(C(=N)N)c2)=NOC1(c1ccc(-c2ccccc2S(C)(=O)=O)c(F)c1)n1cnnn1. The maximum atomic E-state index is 15.9. The lowest BCUT2D eigenvalue weighted by molar-refractivity contribution is -0.150. The number of nitrogens with two attached hydrogens (primary N) is 2. The Hall–Kier alpha value is -4.98. The predicted molar refractivity (Wildman–Crippen MR) is 142 cm³/mol. The number of sulfone groups is 1. The number of nitrogen functional groups attached to an aromatic ring is 1. The molecule has 0 saturated carbocycles. The van der Waals surface area contributed by atoms with E-state index in [4.69, 9.17) is 21.7 Å². The number of hydrogen-bond acceptors (Lipinski definition) is 9.